The first-order valence-corrected chi connectivity index (χ1v) is 12.1. The molecule has 0 saturated carbocycles. The number of carbonyl (C=O) groups is 2. The van der Waals surface area contributed by atoms with Crippen molar-refractivity contribution in [2.24, 2.45) is 4.99 Å². The van der Waals surface area contributed by atoms with E-state index in [4.69, 9.17) is 32.4 Å². The van der Waals surface area contributed by atoms with Gasteiger partial charge < -0.3 is 9.15 Å². The van der Waals surface area contributed by atoms with Crippen LogP contribution in [0.25, 0.3) is 17.4 Å². The lowest BCUT2D eigenvalue weighted by molar-refractivity contribution is -0.122. The lowest BCUT2D eigenvalue weighted by Crippen LogP contribution is -2.28. The summed E-state index contributed by atoms with van der Waals surface area (Å²) in [6, 6.07) is 15.7. The van der Waals surface area contributed by atoms with Crippen LogP contribution in [0.3, 0.4) is 0 Å². The second-order valence-corrected chi connectivity index (χ2v) is 8.92. The number of halogens is 2. The number of carbonyl (C=O) groups excluding carboxylic acids is 2. The lowest BCUT2D eigenvalue weighted by Gasteiger charge is -2.12. The van der Waals surface area contributed by atoms with E-state index in [1.165, 1.54) is 11.8 Å². The first kappa shape index (κ1) is 24.1. The monoisotopic (exact) mass is 514 g/mol. The molecule has 0 N–H and O–H groups in total. The van der Waals surface area contributed by atoms with Crippen molar-refractivity contribution in [3.63, 3.8) is 0 Å². The van der Waals surface area contributed by atoms with Gasteiger partial charge in [0.2, 0.25) is 0 Å². The molecule has 34 heavy (non-hydrogen) atoms. The van der Waals surface area contributed by atoms with Gasteiger partial charge in [-0.1, -0.05) is 35.3 Å². The molecule has 1 amide bonds. The average molecular weight is 515 g/mol. The lowest BCUT2D eigenvalue weighted by atomic mass is 10.2. The van der Waals surface area contributed by atoms with Crippen LogP contribution in [0.5, 0.6) is 0 Å². The number of esters is 1. The molecule has 9 heteroatoms. The number of hydrogen-bond donors (Lipinski definition) is 0. The van der Waals surface area contributed by atoms with Gasteiger partial charge in [-0.25, -0.2) is 9.79 Å². The highest BCUT2D eigenvalue weighted by Gasteiger charge is 2.32. The number of aliphatic imine (C=N–C) groups is 1. The molecule has 0 unspecified atom stereocenters. The fraction of sp³-hybridized carbons (Fsp3) is 0.160. The summed E-state index contributed by atoms with van der Waals surface area (Å²) in [5.41, 5.74) is 1.62. The Morgan fingerprint density at radius 3 is 2.71 bits per heavy atom. The maximum Gasteiger partial charge on any atom is 0.338 e. The minimum Gasteiger partial charge on any atom is -0.462 e. The summed E-state index contributed by atoms with van der Waals surface area (Å²) in [6.07, 6.45) is 1.68. The molecule has 4 rings (SSSR count). The molecule has 2 aromatic carbocycles. The van der Waals surface area contributed by atoms with Gasteiger partial charge in [0.1, 0.15) is 11.5 Å². The highest BCUT2D eigenvalue weighted by molar-refractivity contribution is 8.18. The molecule has 1 fully saturated rings. The SMILES string of the molecule is CCOC(=O)c1cccc(N=C2SC(=Cc3ccc(-c4cccc(Cl)c4Cl)o3)C(=O)N2CC)c1. The van der Waals surface area contributed by atoms with Gasteiger partial charge >= 0.3 is 5.97 Å². The maximum absolute atomic E-state index is 13.0. The van der Waals surface area contributed by atoms with E-state index in [0.29, 0.717) is 55.0 Å². The number of nitrogens with zero attached hydrogens (tertiary/aromatic N) is 2. The number of furan rings is 1. The van der Waals surface area contributed by atoms with Gasteiger partial charge in [0, 0.05) is 18.2 Å². The van der Waals surface area contributed by atoms with E-state index in [1.54, 1.807) is 66.4 Å². The van der Waals surface area contributed by atoms with Gasteiger partial charge in [0.25, 0.3) is 5.91 Å². The Kier molecular flexibility index (Phi) is 7.46. The number of hydrogen-bond acceptors (Lipinski definition) is 6. The third-order valence-corrected chi connectivity index (χ3v) is 6.73. The second-order valence-electron chi connectivity index (χ2n) is 7.13. The van der Waals surface area contributed by atoms with Crippen molar-refractivity contribution >= 4 is 63.8 Å². The molecule has 0 radical (unpaired) electrons. The number of rotatable bonds is 6. The molecule has 3 aromatic rings. The van der Waals surface area contributed by atoms with Crippen LogP contribution < -0.4 is 0 Å². The number of ether oxygens (including phenoxy) is 1. The summed E-state index contributed by atoms with van der Waals surface area (Å²) in [6.45, 7) is 4.36. The third kappa shape index (κ3) is 5.06. The molecule has 1 aliphatic heterocycles. The predicted octanol–water partition coefficient (Wildman–Crippen LogP) is 7.05. The van der Waals surface area contributed by atoms with Crippen LogP contribution in [0.4, 0.5) is 5.69 Å². The molecule has 174 valence electrons. The van der Waals surface area contributed by atoms with E-state index in [9.17, 15) is 9.59 Å². The van der Waals surface area contributed by atoms with Crippen LogP contribution in [0, 0.1) is 0 Å². The number of amidine groups is 1. The first-order chi connectivity index (χ1) is 16.4. The summed E-state index contributed by atoms with van der Waals surface area (Å²) in [4.78, 5) is 31.7. The van der Waals surface area contributed by atoms with E-state index in [-0.39, 0.29) is 12.5 Å². The van der Waals surface area contributed by atoms with E-state index in [2.05, 4.69) is 4.99 Å². The molecule has 0 atom stereocenters. The van der Waals surface area contributed by atoms with Crippen molar-refractivity contribution in [1.82, 2.24) is 4.90 Å². The summed E-state index contributed by atoms with van der Waals surface area (Å²) in [5, 5.41) is 1.36. The van der Waals surface area contributed by atoms with E-state index in [1.807, 2.05) is 13.0 Å². The van der Waals surface area contributed by atoms with Crippen molar-refractivity contribution < 1.29 is 18.7 Å². The molecule has 1 aliphatic rings. The average Bonchev–Trinajstić information content (AvgIpc) is 3.40. The van der Waals surface area contributed by atoms with Crippen molar-refractivity contribution in [1.29, 1.82) is 0 Å². The van der Waals surface area contributed by atoms with Crippen LogP contribution in [0.1, 0.15) is 30.0 Å². The smallest absolute Gasteiger partial charge is 0.338 e. The van der Waals surface area contributed by atoms with Gasteiger partial charge in [-0.2, -0.15) is 0 Å². The normalized spacial score (nSPS) is 16.0. The Hall–Kier alpha value is -3.00. The Balaban J connectivity index is 1.61. The first-order valence-electron chi connectivity index (χ1n) is 10.5. The third-order valence-electron chi connectivity index (χ3n) is 4.90. The molecule has 1 aromatic heterocycles. The quantitative estimate of drug-likeness (QED) is 0.260. The van der Waals surface area contributed by atoms with Crippen molar-refractivity contribution in [2.45, 2.75) is 13.8 Å². The summed E-state index contributed by atoms with van der Waals surface area (Å²) in [5.74, 6) is 0.461. The topological polar surface area (TPSA) is 72.1 Å². The van der Waals surface area contributed by atoms with Crippen molar-refractivity contribution in [3.05, 3.63) is 80.9 Å². The van der Waals surface area contributed by atoms with Crippen LogP contribution in [0.15, 0.2) is 68.9 Å². The number of thioether (sulfide) groups is 1. The zero-order valence-corrected chi connectivity index (χ0v) is 20.7. The summed E-state index contributed by atoms with van der Waals surface area (Å²) < 4.78 is 11.0. The molecular formula is C25H20Cl2N2O4S. The van der Waals surface area contributed by atoms with Crippen LogP contribution in [-0.4, -0.2) is 35.1 Å². The predicted molar refractivity (Wildman–Crippen MR) is 137 cm³/mol. The highest BCUT2D eigenvalue weighted by Crippen LogP contribution is 2.37. The van der Waals surface area contributed by atoms with Crippen molar-refractivity contribution in [3.8, 4) is 11.3 Å². The highest BCUT2D eigenvalue weighted by atomic mass is 35.5. The Bertz CT molecular complexity index is 1320. The molecule has 0 spiro atoms. The zero-order chi connectivity index (χ0) is 24.2. The van der Waals surface area contributed by atoms with E-state index < -0.39 is 5.97 Å². The molecule has 0 aliphatic carbocycles. The molecule has 6 nitrogen and oxygen atoms in total. The van der Waals surface area contributed by atoms with E-state index in [0.717, 1.165) is 0 Å². The van der Waals surface area contributed by atoms with Crippen LogP contribution in [0.2, 0.25) is 10.0 Å². The number of likely N-dealkylation sites (N-methyl/N-ethyl adjacent to an activating group) is 1. The molecular weight excluding hydrogens is 495 g/mol. The molecule has 0 bridgehead atoms. The van der Waals surface area contributed by atoms with Gasteiger partial charge in [-0.3, -0.25) is 9.69 Å². The van der Waals surface area contributed by atoms with Gasteiger partial charge in [-0.05, 0) is 68.1 Å². The number of amides is 1. The fourth-order valence-electron chi connectivity index (χ4n) is 3.30. The van der Waals surface area contributed by atoms with Crippen LogP contribution >= 0.6 is 35.0 Å². The van der Waals surface area contributed by atoms with Crippen molar-refractivity contribution in [2.75, 3.05) is 13.2 Å². The summed E-state index contributed by atoms with van der Waals surface area (Å²) in [7, 11) is 0. The standard InChI is InChI=1S/C25H20Cl2N2O4S/c1-3-29-23(30)21(14-17-11-12-20(33-17)18-9-6-10-19(26)22(18)27)34-25(29)28-16-8-5-7-15(13-16)24(31)32-4-2/h5-14H,3-4H2,1-2H3. The van der Waals surface area contributed by atoms with Gasteiger partial charge in [0.15, 0.2) is 5.17 Å². The second kappa shape index (κ2) is 10.5. The van der Waals surface area contributed by atoms with Gasteiger partial charge in [-0.15, -0.1) is 0 Å². The molecule has 1 saturated heterocycles. The minimum atomic E-state index is -0.416. The Labute approximate surface area is 211 Å². The minimum absolute atomic E-state index is 0.175. The molecule has 2 heterocycles. The largest absolute Gasteiger partial charge is 0.462 e. The Morgan fingerprint density at radius 2 is 1.94 bits per heavy atom. The maximum atomic E-state index is 13.0. The Morgan fingerprint density at radius 1 is 1.15 bits per heavy atom. The van der Waals surface area contributed by atoms with E-state index >= 15 is 0 Å². The zero-order valence-electron chi connectivity index (χ0n) is 18.4. The van der Waals surface area contributed by atoms with Gasteiger partial charge in [0.05, 0.1) is 32.8 Å². The van der Waals surface area contributed by atoms with Crippen LogP contribution in [-0.2, 0) is 9.53 Å². The fourth-order valence-corrected chi connectivity index (χ4v) is 4.73. The summed E-state index contributed by atoms with van der Waals surface area (Å²) >= 11 is 13.6. The number of benzene rings is 2.